The molecule has 2 aromatic heterocycles. The topological polar surface area (TPSA) is 88.9 Å². The van der Waals surface area contributed by atoms with Gasteiger partial charge in [-0.1, -0.05) is 69.3 Å². The van der Waals surface area contributed by atoms with Gasteiger partial charge in [0.2, 0.25) is 11.8 Å². The van der Waals surface area contributed by atoms with E-state index in [4.69, 9.17) is 0 Å². The molecule has 0 aliphatic rings. The van der Waals surface area contributed by atoms with E-state index in [1.54, 1.807) is 33.0 Å². The molecule has 2 heterocycles. The summed E-state index contributed by atoms with van der Waals surface area (Å²) in [6.07, 6.45) is -3.27. The zero-order chi connectivity index (χ0) is 28.2. The molecule has 4 aromatic rings. The zero-order valence-corrected chi connectivity index (χ0v) is 21.9. The molecule has 10 heteroatoms. The molecule has 0 spiro atoms. The van der Waals surface area contributed by atoms with Crippen molar-refractivity contribution in [3.63, 3.8) is 0 Å². The maximum atomic E-state index is 13.6. The first-order chi connectivity index (χ1) is 18.4. The van der Waals surface area contributed by atoms with Crippen molar-refractivity contribution in [1.82, 2.24) is 25.2 Å². The highest BCUT2D eigenvalue weighted by atomic mass is 19.4. The Morgan fingerprint density at radius 3 is 2.33 bits per heavy atom. The maximum Gasteiger partial charge on any atom is 0.416 e. The molecule has 0 saturated heterocycles. The molecule has 2 amide bonds. The fraction of sp³-hybridized carbons (Fsp3) is 0.310. The molecule has 0 saturated carbocycles. The highest BCUT2D eigenvalue weighted by molar-refractivity contribution is 5.89. The lowest BCUT2D eigenvalue weighted by atomic mass is 9.93. The minimum atomic E-state index is -4.60. The Morgan fingerprint density at radius 2 is 1.64 bits per heavy atom. The molecule has 2 aromatic carbocycles. The first-order valence-corrected chi connectivity index (χ1v) is 12.5. The molecule has 0 fully saturated rings. The number of hydrogen-bond acceptors (Lipinski definition) is 4. The predicted molar refractivity (Wildman–Crippen MR) is 141 cm³/mol. The normalized spacial score (nSPS) is 12.8. The van der Waals surface area contributed by atoms with E-state index in [0.29, 0.717) is 23.5 Å². The molecule has 7 nitrogen and oxygen atoms in total. The highest BCUT2D eigenvalue weighted by Gasteiger charge is 2.35. The number of pyridine rings is 1. The van der Waals surface area contributed by atoms with Crippen LogP contribution in [0.5, 0.6) is 0 Å². The van der Waals surface area contributed by atoms with Gasteiger partial charge in [-0.3, -0.25) is 9.59 Å². The number of nitrogens with zero attached hydrogens (tertiary/aromatic N) is 3. The molecule has 1 atom stereocenters. The van der Waals surface area contributed by atoms with Gasteiger partial charge in [0.05, 0.1) is 18.7 Å². The monoisotopic (exact) mass is 537 g/mol. The summed E-state index contributed by atoms with van der Waals surface area (Å²) >= 11 is 0. The van der Waals surface area contributed by atoms with Crippen LogP contribution in [0.25, 0.3) is 11.2 Å². The lowest BCUT2D eigenvalue weighted by Crippen LogP contribution is -2.51. The van der Waals surface area contributed by atoms with Gasteiger partial charge in [0.1, 0.15) is 17.4 Å². The number of halogens is 3. The molecule has 0 aliphatic heterocycles. The summed E-state index contributed by atoms with van der Waals surface area (Å²) in [5.41, 5.74) is 0.520. The second kappa shape index (κ2) is 11.3. The van der Waals surface area contributed by atoms with Crippen LogP contribution in [-0.2, 0) is 35.3 Å². The highest BCUT2D eigenvalue weighted by Crippen LogP contribution is 2.32. The SMILES string of the molecule is CC(C)(C)C(=O)N[C@H](Cc1ccccc1C(F)(F)F)C(=O)NCc1nc2cccnc2n1Cc1ccccc1. The first-order valence-electron chi connectivity index (χ1n) is 12.5. The number of aromatic nitrogens is 3. The molecular formula is C29H30F3N5O2. The zero-order valence-electron chi connectivity index (χ0n) is 21.9. The molecule has 204 valence electrons. The lowest BCUT2D eigenvalue weighted by molar-refractivity contribution is -0.138. The van der Waals surface area contributed by atoms with Crippen molar-refractivity contribution in [3.8, 4) is 0 Å². The number of alkyl halides is 3. The Hall–Kier alpha value is -4.21. The van der Waals surface area contributed by atoms with Gasteiger partial charge in [0.15, 0.2) is 5.65 Å². The van der Waals surface area contributed by atoms with E-state index in [0.717, 1.165) is 11.6 Å². The maximum absolute atomic E-state index is 13.6. The third-order valence-corrected chi connectivity index (χ3v) is 6.24. The van der Waals surface area contributed by atoms with Crippen molar-refractivity contribution >= 4 is 23.0 Å². The van der Waals surface area contributed by atoms with Gasteiger partial charge < -0.3 is 15.2 Å². The van der Waals surface area contributed by atoms with Crippen molar-refractivity contribution in [2.24, 2.45) is 5.41 Å². The largest absolute Gasteiger partial charge is 0.416 e. The van der Waals surface area contributed by atoms with E-state index in [9.17, 15) is 22.8 Å². The smallest absolute Gasteiger partial charge is 0.347 e. The van der Waals surface area contributed by atoms with Crippen LogP contribution in [0.4, 0.5) is 13.2 Å². The van der Waals surface area contributed by atoms with E-state index in [1.807, 2.05) is 41.0 Å². The lowest BCUT2D eigenvalue weighted by Gasteiger charge is -2.25. The molecular weight excluding hydrogens is 507 g/mol. The van der Waals surface area contributed by atoms with Crippen LogP contribution >= 0.6 is 0 Å². The van der Waals surface area contributed by atoms with E-state index < -0.39 is 35.0 Å². The molecule has 39 heavy (non-hydrogen) atoms. The molecule has 4 rings (SSSR count). The van der Waals surface area contributed by atoms with E-state index in [1.165, 1.54) is 18.2 Å². The second-order valence-electron chi connectivity index (χ2n) is 10.3. The van der Waals surface area contributed by atoms with Gasteiger partial charge in [-0.25, -0.2) is 9.97 Å². The van der Waals surface area contributed by atoms with E-state index in [-0.39, 0.29) is 18.5 Å². The van der Waals surface area contributed by atoms with Crippen LogP contribution in [0.15, 0.2) is 72.9 Å². The standard InChI is InChI=1S/C29H30F3N5O2/c1-28(2,3)27(39)36-23(16-20-12-7-8-13-21(20)29(30,31)32)26(38)34-17-24-35-22-14-9-15-33-25(22)37(24)18-19-10-5-4-6-11-19/h4-15,23H,16-18H2,1-3H3,(H,34,38)(H,36,39)/t23-/m1/s1. The van der Waals surface area contributed by atoms with Gasteiger partial charge in [0.25, 0.3) is 0 Å². The number of hydrogen-bond donors (Lipinski definition) is 2. The van der Waals surface area contributed by atoms with Gasteiger partial charge in [-0.2, -0.15) is 13.2 Å². The summed E-state index contributed by atoms with van der Waals surface area (Å²) in [4.78, 5) is 35.2. The Balaban J connectivity index is 1.60. The molecule has 0 unspecified atom stereocenters. The third kappa shape index (κ3) is 6.81. The van der Waals surface area contributed by atoms with Crippen LogP contribution in [0, 0.1) is 5.41 Å². The van der Waals surface area contributed by atoms with E-state index in [2.05, 4.69) is 20.6 Å². The molecule has 2 N–H and O–H groups in total. The Bertz CT molecular complexity index is 1460. The molecule has 0 radical (unpaired) electrons. The first kappa shape index (κ1) is 27.8. The number of benzene rings is 2. The summed E-state index contributed by atoms with van der Waals surface area (Å²) in [6.45, 7) is 5.45. The number of amides is 2. The summed E-state index contributed by atoms with van der Waals surface area (Å²) in [7, 11) is 0. The van der Waals surface area contributed by atoms with Crippen molar-refractivity contribution in [2.45, 2.75) is 52.5 Å². The Morgan fingerprint density at radius 1 is 0.949 bits per heavy atom. The quantitative estimate of drug-likeness (QED) is 0.335. The average molecular weight is 538 g/mol. The fourth-order valence-electron chi connectivity index (χ4n) is 4.14. The van der Waals surface area contributed by atoms with Crippen LogP contribution in [-0.4, -0.2) is 32.4 Å². The number of imidazole rings is 1. The van der Waals surface area contributed by atoms with Crippen molar-refractivity contribution in [3.05, 3.63) is 95.4 Å². The third-order valence-electron chi connectivity index (χ3n) is 6.24. The summed E-state index contributed by atoms with van der Waals surface area (Å²) in [5.74, 6) is -0.541. The van der Waals surface area contributed by atoms with Crippen LogP contribution in [0.1, 0.15) is 43.3 Å². The second-order valence-corrected chi connectivity index (χ2v) is 10.3. The van der Waals surface area contributed by atoms with Gasteiger partial charge >= 0.3 is 6.18 Å². The number of carbonyl (C=O) groups is 2. The average Bonchev–Trinajstić information content (AvgIpc) is 3.23. The fourth-order valence-corrected chi connectivity index (χ4v) is 4.14. The van der Waals surface area contributed by atoms with Crippen LogP contribution in [0.3, 0.4) is 0 Å². The van der Waals surface area contributed by atoms with Crippen molar-refractivity contribution in [2.75, 3.05) is 0 Å². The summed E-state index contributed by atoms with van der Waals surface area (Å²) in [6, 6.07) is 17.1. The molecule has 0 aliphatic carbocycles. The predicted octanol–water partition coefficient (Wildman–Crippen LogP) is 4.89. The Labute approximate surface area is 224 Å². The number of nitrogens with one attached hydrogen (secondary N) is 2. The van der Waals surface area contributed by atoms with Crippen molar-refractivity contribution < 1.29 is 22.8 Å². The summed E-state index contributed by atoms with van der Waals surface area (Å²) in [5, 5.41) is 5.42. The molecule has 0 bridgehead atoms. The van der Waals surface area contributed by atoms with Gasteiger partial charge in [-0.05, 0) is 29.3 Å². The van der Waals surface area contributed by atoms with Gasteiger partial charge in [-0.15, -0.1) is 0 Å². The minimum absolute atomic E-state index is 0.00909. The van der Waals surface area contributed by atoms with E-state index >= 15 is 0 Å². The number of carbonyl (C=O) groups excluding carboxylic acids is 2. The van der Waals surface area contributed by atoms with Crippen LogP contribution in [0.2, 0.25) is 0 Å². The van der Waals surface area contributed by atoms with Crippen LogP contribution < -0.4 is 10.6 Å². The number of rotatable bonds is 8. The minimum Gasteiger partial charge on any atom is -0.347 e. The van der Waals surface area contributed by atoms with Crippen molar-refractivity contribution in [1.29, 1.82) is 0 Å². The van der Waals surface area contributed by atoms with Gasteiger partial charge in [0, 0.05) is 18.0 Å². The Kier molecular flexibility index (Phi) is 8.03. The number of fused-ring (bicyclic) bond motifs is 1. The summed E-state index contributed by atoms with van der Waals surface area (Å²) < 4.78 is 42.8.